The van der Waals surface area contributed by atoms with E-state index < -0.39 is 0 Å². The first kappa shape index (κ1) is 8.59. The molecule has 0 aromatic rings. The summed E-state index contributed by atoms with van der Waals surface area (Å²) >= 11 is 0. The molecule has 0 spiro atoms. The Kier molecular flexibility index (Phi) is 0.843. The Morgan fingerprint density at radius 3 is 0.850 bits per heavy atom. The fourth-order valence-corrected chi connectivity index (χ4v) is 14.2. The fraction of sp³-hybridized carbons (Fsp3) is 1.00. The predicted octanol–water partition coefficient (Wildman–Crippen LogP) is 2.99. The molecule has 10 aliphatic rings. The third kappa shape index (κ3) is 0.446. The summed E-state index contributed by atoms with van der Waals surface area (Å²) < 4.78 is 0. The molecule has 18 atom stereocenters. The molecule has 10 saturated carbocycles. The van der Waals surface area contributed by atoms with E-state index in [1.807, 2.05) is 0 Å². The molecular formula is C20H22. The van der Waals surface area contributed by atoms with Gasteiger partial charge in [0.25, 0.3) is 0 Å². The molecule has 20 heavy (non-hydrogen) atoms. The van der Waals surface area contributed by atoms with Crippen molar-refractivity contribution in [2.45, 2.75) is 12.8 Å². The van der Waals surface area contributed by atoms with Crippen molar-refractivity contribution in [1.29, 1.82) is 0 Å². The average molecular weight is 262 g/mol. The fourth-order valence-electron chi connectivity index (χ4n) is 14.2. The van der Waals surface area contributed by atoms with Gasteiger partial charge in [-0.3, -0.25) is 0 Å². The van der Waals surface area contributed by atoms with Crippen molar-refractivity contribution in [2.75, 3.05) is 0 Å². The zero-order chi connectivity index (χ0) is 11.8. The van der Waals surface area contributed by atoms with Crippen molar-refractivity contribution in [3.05, 3.63) is 0 Å². The van der Waals surface area contributed by atoms with Gasteiger partial charge in [0, 0.05) is 0 Å². The third-order valence-electron chi connectivity index (χ3n) is 12.6. The van der Waals surface area contributed by atoms with E-state index in [1.54, 1.807) is 12.8 Å². The second kappa shape index (κ2) is 1.96. The Morgan fingerprint density at radius 2 is 0.500 bits per heavy atom. The minimum Gasteiger partial charge on any atom is -0.0464 e. The smallest absolute Gasteiger partial charge is 0.0312 e. The molecule has 0 heteroatoms. The Hall–Kier alpha value is 0. The highest BCUT2D eigenvalue weighted by atomic mass is 15.0. The standard InChI is InChI=1S/C20H22/c1-3-7-5-2-6-8-4(1)10-9(3)15-13(7)17-11(5)12(6)18-14(8)16(10)19(15)20(17)18/h3-20H,1-2H2/t3-,4-,5-,6+,7?,8?,9-,10-,11-,12+,13?,14?,15-,16-,17-,18+,19?,20?/m1/s1. The van der Waals surface area contributed by atoms with Gasteiger partial charge in [-0.1, -0.05) is 0 Å². The van der Waals surface area contributed by atoms with Crippen LogP contribution >= 0.6 is 0 Å². The minimum absolute atomic E-state index is 1.28. The molecule has 10 fully saturated rings. The molecule has 0 bridgehead atoms. The van der Waals surface area contributed by atoms with Crippen LogP contribution in [0.25, 0.3) is 0 Å². The SMILES string of the molecule is C1[C@@H]2C3C4[C@@H]5C6C7[C@@H]4[C@H]2[C@@H]2[C@@H]7C4C([C@@H]12)[C@@H]1C[C@H]3[C@@H]5[C@H]1[C@H]64. The Bertz CT molecular complexity index is 502. The Morgan fingerprint density at radius 1 is 0.250 bits per heavy atom. The second-order valence-corrected chi connectivity index (χ2v) is 11.2. The van der Waals surface area contributed by atoms with Crippen LogP contribution in [0.4, 0.5) is 0 Å². The van der Waals surface area contributed by atoms with Crippen LogP contribution in [0.3, 0.4) is 0 Å². The van der Waals surface area contributed by atoms with Gasteiger partial charge in [-0.05, 0) is 119 Å². The quantitative estimate of drug-likeness (QED) is 0.629. The van der Waals surface area contributed by atoms with E-state index in [1.165, 1.54) is 107 Å². The van der Waals surface area contributed by atoms with E-state index in [2.05, 4.69) is 0 Å². The van der Waals surface area contributed by atoms with E-state index in [9.17, 15) is 0 Å². The molecule has 10 aliphatic carbocycles. The zero-order valence-corrected chi connectivity index (χ0v) is 11.8. The largest absolute Gasteiger partial charge is 0.0464 e. The van der Waals surface area contributed by atoms with Crippen LogP contribution < -0.4 is 0 Å². The van der Waals surface area contributed by atoms with Crippen molar-refractivity contribution in [3.63, 3.8) is 0 Å². The van der Waals surface area contributed by atoms with Crippen molar-refractivity contribution >= 4 is 0 Å². The van der Waals surface area contributed by atoms with Crippen LogP contribution in [0.2, 0.25) is 0 Å². The van der Waals surface area contributed by atoms with E-state index in [0.29, 0.717) is 0 Å². The van der Waals surface area contributed by atoms with Gasteiger partial charge in [0.1, 0.15) is 0 Å². The van der Waals surface area contributed by atoms with Crippen LogP contribution in [0.15, 0.2) is 0 Å². The first-order valence-corrected chi connectivity index (χ1v) is 9.97. The summed E-state index contributed by atoms with van der Waals surface area (Å²) in [5, 5.41) is 0. The maximum atomic E-state index is 1.76. The van der Waals surface area contributed by atoms with Gasteiger partial charge in [-0.15, -0.1) is 0 Å². The van der Waals surface area contributed by atoms with Gasteiger partial charge < -0.3 is 0 Å². The molecule has 0 N–H and O–H groups in total. The molecule has 0 amide bonds. The summed E-state index contributed by atoms with van der Waals surface area (Å²) in [7, 11) is 0. The van der Waals surface area contributed by atoms with Crippen LogP contribution in [-0.4, -0.2) is 0 Å². The highest BCUT2D eigenvalue weighted by Gasteiger charge is 2.92. The molecule has 0 heterocycles. The molecule has 0 aromatic carbocycles. The van der Waals surface area contributed by atoms with Crippen molar-refractivity contribution in [3.8, 4) is 0 Å². The summed E-state index contributed by atoms with van der Waals surface area (Å²) in [6.07, 6.45) is 3.52. The Labute approximate surface area is 120 Å². The lowest BCUT2D eigenvalue weighted by molar-refractivity contribution is 0.133. The highest BCUT2D eigenvalue weighted by molar-refractivity contribution is 5.39. The lowest BCUT2D eigenvalue weighted by atomic mass is 9.70. The topological polar surface area (TPSA) is 0 Å². The van der Waals surface area contributed by atoms with Gasteiger partial charge in [-0.2, -0.15) is 0 Å². The molecular weight excluding hydrogens is 240 g/mol. The first-order valence-electron chi connectivity index (χ1n) is 9.97. The molecule has 0 aliphatic heterocycles. The maximum absolute atomic E-state index is 1.76. The summed E-state index contributed by atoms with van der Waals surface area (Å²) in [5.74, 6) is 23.5. The number of fused-ring (bicyclic) bond motifs is 4. The second-order valence-electron chi connectivity index (χ2n) is 11.2. The zero-order valence-electron chi connectivity index (χ0n) is 11.8. The van der Waals surface area contributed by atoms with E-state index in [-0.39, 0.29) is 0 Å². The monoisotopic (exact) mass is 262 g/mol. The third-order valence-corrected chi connectivity index (χ3v) is 12.6. The molecule has 0 aromatic heterocycles. The van der Waals surface area contributed by atoms with Crippen LogP contribution in [0.1, 0.15) is 12.8 Å². The molecule has 6 unspecified atom stereocenters. The molecule has 0 radical (unpaired) electrons. The molecule has 102 valence electrons. The maximum Gasteiger partial charge on any atom is -0.0312 e. The van der Waals surface area contributed by atoms with E-state index in [4.69, 9.17) is 0 Å². The summed E-state index contributed by atoms with van der Waals surface area (Å²) in [6, 6.07) is 0. The summed E-state index contributed by atoms with van der Waals surface area (Å²) in [4.78, 5) is 0. The van der Waals surface area contributed by atoms with Gasteiger partial charge in [-0.25, -0.2) is 0 Å². The first-order chi connectivity index (χ1) is 9.97. The summed E-state index contributed by atoms with van der Waals surface area (Å²) in [5.41, 5.74) is 0. The number of hydrogen-bond donors (Lipinski definition) is 0. The number of rotatable bonds is 0. The van der Waals surface area contributed by atoms with E-state index in [0.717, 1.165) is 0 Å². The van der Waals surface area contributed by atoms with Gasteiger partial charge in [0.2, 0.25) is 0 Å². The van der Waals surface area contributed by atoms with Gasteiger partial charge in [0.05, 0.1) is 0 Å². The van der Waals surface area contributed by atoms with Crippen molar-refractivity contribution in [2.24, 2.45) is 107 Å². The Balaban J connectivity index is 1.50. The lowest BCUT2D eigenvalue weighted by Gasteiger charge is -2.34. The molecule has 0 saturated heterocycles. The minimum atomic E-state index is 1.28. The van der Waals surface area contributed by atoms with E-state index >= 15 is 0 Å². The number of hydrogen-bond acceptors (Lipinski definition) is 0. The molecule has 10 rings (SSSR count). The lowest BCUT2D eigenvalue weighted by Crippen LogP contribution is -2.29. The van der Waals surface area contributed by atoms with Gasteiger partial charge in [0.15, 0.2) is 0 Å². The van der Waals surface area contributed by atoms with Crippen molar-refractivity contribution in [1.82, 2.24) is 0 Å². The summed E-state index contributed by atoms with van der Waals surface area (Å²) in [6.45, 7) is 0. The van der Waals surface area contributed by atoms with Crippen LogP contribution in [-0.2, 0) is 0 Å². The van der Waals surface area contributed by atoms with Gasteiger partial charge >= 0.3 is 0 Å². The van der Waals surface area contributed by atoms with Crippen LogP contribution in [0, 0.1) is 107 Å². The molecule has 0 nitrogen and oxygen atoms in total. The van der Waals surface area contributed by atoms with Crippen molar-refractivity contribution < 1.29 is 0 Å². The average Bonchev–Trinajstić information content (AvgIpc) is 3.11. The predicted molar refractivity (Wildman–Crippen MR) is 72.1 cm³/mol. The van der Waals surface area contributed by atoms with Crippen LogP contribution in [0.5, 0.6) is 0 Å². The highest BCUT2D eigenvalue weighted by Crippen LogP contribution is 2.96. The normalized spacial score (nSPS) is 99.6.